The fourth-order valence-electron chi connectivity index (χ4n) is 3.52. The van der Waals surface area contributed by atoms with Gasteiger partial charge in [-0.3, -0.25) is 4.79 Å². The van der Waals surface area contributed by atoms with E-state index in [1.807, 2.05) is 0 Å². The van der Waals surface area contributed by atoms with E-state index in [2.05, 4.69) is 20.2 Å². The summed E-state index contributed by atoms with van der Waals surface area (Å²) in [5.74, 6) is -0.663. The molecule has 1 saturated carbocycles. The first kappa shape index (κ1) is 20.6. The Morgan fingerprint density at radius 2 is 2.04 bits per heavy atom. The van der Waals surface area contributed by atoms with E-state index in [9.17, 15) is 14.7 Å². The van der Waals surface area contributed by atoms with Crippen LogP contribution in [-0.4, -0.2) is 41.0 Å². The summed E-state index contributed by atoms with van der Waals surface area (Å²) in [6, 6.07) is 0.111. The molecule has 11 heteroatoms. The van der Waals surface area contributed by atoms with Gasteiger partial charge < -0.3 is 25.1 Å². The van der Waals surface area contributed by atoms with Crippen LogP contribution in [0.2, 0.25) is 10.0 Å². The van der Waals surface area contributed by atoms with Crippen LogP contribution in [0.5, 0.6) is 0 Å². The molecule has 138 valence electrons. The van der Waals surface area contributed by atoms with Gasteiger partial charge in [0, 0.05) is 54.4 Å². The number of anilines is 1. The topological polar surface area (TPSA) is 101 Å². The van der Waals surface area contributed by atoms with Gasteiger partial charge >= 0.3 is 18.9 Å². The second-order valence-corrected chi connectivity index (χ2v) is 8.25. The molecule has 2 aliphatic rings. The number of carbonyl (C=O) groups is 2. The maximum Gasteiger partial charge on any atom is 1.00 e. The summed E-state index contributed by atoms with van der Waals surface area (Å²) in [5.41, 5.74) is 1.48. The molecular weight excluding hydrogens is 406 g/mol. The first-order valence-electron chi connectivity index (χ1n) is 8.08. The van der Waals surface area contributed by atoms with E-state index in [1.165, 1.54) is 11.3 Å². The van der Waals surface area contributed by atoms with Gasteiger partial charge in [0.15, 0.2) is 5.13 Å². The van der Waals surface area contributed by atoms with Crippen molar-refractivity contribution in [2.24, 2.45) is 11.8 Å². The quantitative estimate of drug-likeness (QED) is 0.558. The van der Waals surface area contributed by atoms with Crippen LogP contribution in [0.15, 0.2) is 5.38 Å². The van der Waals surface area contributed by atoms with Gasteiger partial charge in [-0.15, -0.1) is 11.3 Å². The van der Waals surface area contributed by atoms with Crippen molar-refractivity contribution in [3.8, 4) is 0 Å². The average Bonchev–Trinajstić information content (AvgIpc) is 2.99. The van der Waals surface area contributed by atoms with Gasteiger partial charge in [-0.25, -0.2) is 4.98 Å². The molecular formula is C16H15Cl2LiN4O3S. The number of aryl methyl sites for hydroxylation is 1. The largest absolute Gasteiger partial charge is 1.00 e. The summed E-state index contributed by atoms with van der Waals surface area (Å²) in [6.45, 7) is 3.33. The Labute approximate surface area is 181 Å². The molecule has 1 aliphatic heterocycles. The minimum atomic E-state index is -1.13. The van der Waals surface area contributed by atoms with Gasteiger partial charge in [0.1, 0.15) is 5.69 Å². The zero-order chi connectivity index (χ0) is 18.6. The molecule has 1 amide bonds. The normalized spacial score (nSPS) is 22.9. The van der Waals surface area contributed by atoms with Gasteiger partial charge in [0.05, 0.1) is 15.7 Å². The monoisotopic (exact) mass is 420 g/mol. The molecule has 0 bridgehead atoms. The third kappa shape index (κ3) is 3.87. The van der Waals surface area contributed by atoms with Crippen molar-refractivity contribution in [1.82, 2.24) is 15.3 Å². The van der Waals surface area contributed by atoms with E-state index in [0.29, 0.717) is 33.9 Å². The Hall–Kier alpha value is -1.17. The molecule has 2 aromatic heterocycles. The van der Waals surface area contributed by atoms with Crippen LogP contribution in [0.4, 0.5) is 5.13 Å². The number of thiazole rings is 1. The number of carboxylic acids is 1. The Morgan fingerprint density at radius 3 is 2.59 bits per heavy atom. The number of hydrogen-bond donors (Lipinski definition) is 2. The fourth-order valence-corrected chi connectivity index (χ4v) is 4.78. The number of amides is 1. The molecule has 7 nitrogen and oxygen atoms in total. The number of aromatic amines is 1. The molecule has 27 heavy (non-hydrogen) atoms. The Kier molecular flexibility index (Phi) is 5.85. The average molecular weight is 421 g/mol. The molecule has 4 rings (SSSR count). The summed E-state index contributed by atoms with van der Waals surface area (Å²) in [4.78, 5) is 32.4. The molecule has 3 heterocycles. The molecule has 1 aliphatic carbocycles. The van der Waals surface area contributed by atoms with Crippen molar-refractivity contribution in [3.63, 3.8) is 0 Å². The number of rotatable bonds is 5. The van der Waals surface area contributed by atoms with Crippen LogP contribution in [-0.2, 0) is 11.2 Å². The second kappa shape index (κ2) is 7.68. The van der Waals surface area contributed by atoms with E-state index in [1.54, 1.807) is 12.3 Å². The second-order valence-electron chi connectivity index (χ2n) is 6.66. The zero-order valence-corrected chi connectivity index (χ0v) is 17.0. The van der Waals surface area contributed by atoms with Crippen molar-refractivity contribution in [2.45, 2.75) is 19.4 Å². The number of carbonyl (C=O) groups excluding carboxylic acids is 2. The summed E-state index contributed by atoms with van der Waals surface area (Å²) in [7, 11) is 0. The summed E-state index contributed by atoms with van der Waals surface area (Å²) in [5, 5.41) is 16.8. The number of piperidine rings is 1. The Balaban J connectivity index is 0.00000210. The summed E-state index contributed by atoms with van der Waals surface area (Å²) >= 11 is 13.5. The van der Waals surface area contributed by atoms with Crippen molar-refractivity contribution in [3.05, 3.63) is 32.5 Å². The van der Waals surface area contributed by atoms with E-state index in [0.717, 1.165) is 18.2 Å². The molecule has 1 saturated heterocycles. The summed E-state index contributed by atoms with van der Waals surface area (Å²) < 4.78 is 0. The van der Waals surface area contributed by atoms with Crippen molar-refractivity contribution < 1.29 is 33.6 Å². The molecule has 0 spiro atoms. The van der Waals surface area contributed by atoms with Gasteiger partial charge in [-0.1, -0.05) is 23.2 Å². The number of aromatic nitrogens is 2. The van der Waals surface area contributed by atoms with Gasteiger partial charge in [0.25, 0.3) is 5.91 Å². The van der Waals surface area contributed by atoms with Gasteiger partial charge in [-0.2, -0.15) is 0 Å². The van der Waals surface area contributed by atoms with Crippen LogP contribution >= 0.6 is 34.5 Å². The van der Waals surface area contributed by atoms with E-state index in [4.69, 9.17) is 23.2 Å². The molecule has 0 unspecified atom stereocenters. The molecule has 3 atom stereocenters. The van der Waals surface area contributed by atoms with Crippen LogP contribution in [0, 0.1) is 18.8 Å². The number of halogens is 2. The molecule has 2 aromatic rings. The van der Waals surface area contributed by atoms with Crippen molar-refractivity contribution in [2.75, 3.05) is 18.0 Å². The first-order chi connectivity index (χ1) is 12.3. The number of nitrogens with one attached hydrogen (secondary N) is 2. The maximum atomic E-state index is 12.4. The number of nitrogens with zero attached hydrogens (tertiary/aromatic N) is 2. The molecule has 2 fully saturated rings. The molecule has 2 N–H and O–H groups in total. The fraction of sp³-hybridized carbons (Fsp3) is 0.438. The van der Waals surface area contributed by atoms with Crippen LogP contribution < -0.4 is 34.2 Å². The standard InChI is InChI=1S/C16H16Cl2N4O3S.Li/c1-6-11(17)12(18)14(19-6)15(25)21-13-8-3-22(4-9(8)13)16-20-7(5-26-16)2-10(23)24;/h5,8-9,13,19H,2-4H2,1H3,(H,21,25)(H,23,24);/q;+1/p-1/t8-,9+,13-;. The number of carboxylic acid groups (broad SMARTS) is 1. The Morgan fingerprint density at radius 1 is 1.37 bits per heavy atom. The van der Waals surface area contributed by atoms with Crippen molar-refractivity contribution >= 4 is 51.5 Å². The number of hydrogen-bond acceptors (Lipinski definition) is 6. The molecule has 0 aromatic carbocycles. The third-order valence-electron chi connectivity index (χ3n) is 4.91. The Bertz CT molecular complexity index is 890. The minimum absolute atomic E-state index is 0. The van der Waals surface area contributed by atoms with Crippen molar-refractivity contribution in [1.29, 1.82) is 0 Å². The van der Waals surface area contributed by atoms with Gasteiger partial charge in [-0.05, 0) is 6.92 Å². The summed E-state index contributed by atoms with van der Waals surface area (Å²) in [6.07, 6.45) is -0.172. The predicted octanol–water partition coefficient (Wildman–Crippen LogP) is -1.75. The first-order valence-corrected chi connectivity index (χ1v) is 9.72. The SMILES string of the molecule is Cc1[nH]c(C(=O)N[C@@H]2[C@@H]3CN(c4nc(CC(=O)[O-])cs4)C[C@@H]32)c(Cl)c1Cl.[Li+]. The number of H-pyrrole nitrogens is 1. The van der Waals surface area contributed by atoms with Gasteiger partial charge in [0.2, 0.25) is 0 Å². The molecule has 0 radical (unpaired) electrons. The number of aliphatic carboxylic acids is 1. The van der Waals surface area contributed by atoms with E-state index >= 15 is 0 Å². The number of fused-ring (bicyclic) bond motifs is 1. The van der Waals surface area contributed by atoms with Crippen LogP contribution in [0.1, 0.15) is 21.9 Å². The van der Waals surface area contributed by atoms with Crippen LogP contribution in [0.3, 0.4) is 0 Å². The predicted molar refractivity (Wildman–Crippen MR) is 96.8 cm³/mol. The maximum absolute atomic E-state index is 12.4. The minimum Gasteiger partial charge on any atom is -0.550 e. The van der Waals surface area contributed by atoms with Crippen LogP contribution in [0.25, 0.3) is 0 Å². The van der Waals surface area contributed by atoms with E-state index in [-0.39, 0.29) is 42.3 Å². The third-order valence-corrected chi connectivity index (χ3v) is 6.81. The smallest absolute Gasteiger partial charge is 0.550 e. The zero-order valence-electron chi connectivity index (χ0n) is 14.7. The van der Waals surface area contributed by atoms with E-state index < -0.39 is 5.97 Å².